The van der Waals surface area contributed by atoms with Gasteiger partial charge in [-0.25, -0.2) is 4.98 Å². The van der Waals surface area contributed by atoms with E-state index in [0.717, 1.165) is 86.3 Å². The van der Waals surface area contributed by atoms with Crippen LogP contribution in [0.4, 0.5) is 0 Å². The molecule has 5 aromatic rings. The minimum Gasteiger partial charge on any atom is -0.507 e. The average Bonchev–Trinajstić information content (AvgIpc) is 3.24. The molecule has 0 saturated heterocycles. The third-order valence-corrected chi connectivity index (χ3v) is 25.1. The normalized spacial score (nSPS) is 28.7. The van der Waals surface area contributed by atoms with Gasteiger partial charge in [-0.2, -0.15) is 0 Å². The number of pyridine rings is 1. The molecule has 2 N–H and O–H groups in total. The molecule has 0 atom stereocenters. The lowest BCUT2D eigenvalue weighted by atomic mass is 9.47. The fraction of sp³-hybridized carbons (Fsp3) is 0.547. The number of aromatic nitrogens is 1. The summed E-state index contributed by atoms with van der Waals surface area (Å²) in [6.45, 7) is 26.3. The number of aromatic hydroxyl groups is 2. The van der Waals surface area contributed by atoms with Gasteiger partial charge in [0, 0.05) is 33.4 Å². The van der Waals surface area contributed by atoms with E-state index in [1.807, 2.05) is 0 Å². The van der Waals surface area contributed by atoms with Crippen molar-refractivity contribution in [2.45, 2.75) is 185 Å². The van der Waals surface area contributed by atoms with Crippen LogP contribution < -0.4 is 0 Å². The van der Waals surface area contributed by atoms with Gasteiger partial charge in [0.2, 0.25) is 0 Å². The van der Waals surface area contributed by atoms with Crippen LogP contribution in [0.2, 0.25) is 18.1 Å². The van der Waals surface area contributed by atoms with E-state index in [2.05, 4.69) is 160 Å². The summed E-state index contributed by atoms with van der Waals surface area (Å²) in [5.74, 6) is 5.67. The Morgan fingerprint density at radius 2 is 0.794 bits per heavy atom. The third-order valence-electron chi connectivity index (χ3n) is 19.7. The van der Waals surface area contributed by atoms with E-state index in [1.165, 1.54) is 105 Å². The van der Waals surface area contributed by atoms with Crippen molar-refractivity contribution in [3.05, 3.63) is 113 Å². The lowest BCUT2D eigenvalue weighted by molar-refractivity contribution is -0.00631. The fourth-order valence-corrected chi connectivity index (χ4v) is 17.6. The Morgan fingerprint density at radius 3 is 1.10 bits per heavy atom. The molecule has 0 amide bonds. The summed E-state index contributed by atoms with van der Waals surface area (Å²) in [6, 6.07) is 32.8. The number of nitrogens with zero attached hydrogens (tertiary/aromatic N) is 1. The molecular formula is C64H81NO2Si. The Labute approximate surface area is 411 Å². The van der Waals surface area contributed by atoms with Gasteiger partial charge in [0.05, 0.1) is 19.5 Å². The molecule has 1 aromatic heterocycles. The second kappa shape index (κ2) is 15.9. The summed E-state index contributed by atoms with van der Waals surface area (Å²) in [5.41, 5.74) is 14.2. The van der Waals surface area contributed by atoms with Gasteiger partial charge >= 0.3 is 0 Å². The number of hydrogen-bond donors (Lipinski definition) is 2. The Kier molecular flexibility index (Phi) is 10.8. The zero-order valence-corrected chi connectivity index (χ0v) is 44.6. The van der Waals surface area contributed by atoms with Crippen molar-refractivity contribution in [1.29, 1.82) is 0 Å². The standard InChI is InChI=1S/C64H81NO2Si/c1-60(2,3)46-28-52(58(66)54(30-46)63-32-39-20-40(33-63)22-41(21-39)34-63)48-16-12-14-18-50(48)56-26-45(38-68(10,11)62(7,8)9)27-57(65-56)51-19-15-13-17-49(51)53-29-47(61(4,5)6)31-55(59(53)67)64-35-42-23-43(36-64)25-44(24-42)37-64/h12-19,26-31,39-44,66-67H,20-25,32-38H2,1-11H3. The van der Waals surface area contributed by atoms with Crippen molar-refractivity contribution >= 4 is 8.07 Å². The first-order chi connectivity index (χ1) is 32.0. The van der Waals surface area contributed by atoms with Crippen LogP contribution in [0.5, 0.6) is 11.5 Å². The first-order valence-corrected chi connectivity index (χ1v) is 30.1. The number of benzene rings is 4. The molecule has 8 fully saturated rings. The van der Waals surface area contributed by atoms with Crippen LogP contribution in [-0.2, 0) is 27.7 Å². The highest BCUT2D eigenvalue weighted by Gasteiger charge is 2.54. The maximum atomic E-state index is 12.9. The topological polar surface area (TPSA) is 53.4 Å². The van der Waals surface area contributed by atoms with Gasteiger partial charge in [0.1, 0.15) is 11.5 Å². The highest BCUT2D eigenvalue weighted by Crippen LogP contribution is 2.65. The molecule has 0 spiro atoms. The molecule has 8 aliphatic rings. The summed E-state index contributed by atoms with van der Waals surface area (Å²) in [7, 11) is -1.81. The quantitative estimate of drug-likeness (QED) is 0.153. The molecule has 3 nitrogen and oxygen atoms in total. The summed E-state index contributed by atoms with van der Waals surface area (Å²) in [4.78, 5) is 5.75. The average molecular weight is 924 g/mol. The highest BCUT2D eigenvalue weighted by atomic mass is 28.3. The minimum atomic E-state index is -1.81. The van der Waals surface area contributed by atoms with E-state index >= 15 is 0 Å². The first-order valence-electron chi connectivity index (χ1n) is 26.9. The van der Waals surface area contributed by atoms with Crippen LogP contribution in [0.1, 0.15) is 167 Å². The van der Waals surface area contributed by atoms with Crippen molar-refractivity contribution in [3.8, 4) is 56.3 Å². The maximum Gasteiger partial charge on any atom is 0.127 e. The Balaban J connectivity index is 1.09. The van der Waals surface area contributed by atoms with Crippen LogP contribution in [0.15, 0.2) is 84.9 Å². The fourth-order valence-electron chi connectivity index (χ4n) is 15.9. The van der Waals surface area contributed by atoms with Gasteiger partial charge in [-0.15, -0.1) is 0 Å². The Morgan fingerprint density at radius 1 is 0.471 bits per heavy atom. The zero-order chi connectivity index (χ0) is 47.9. The molecule has 0 unspecified atom stereocenters. The van der Waals surface area contributed by atoms with Crippen molar-refractivity contribution < 1.29 is 10.2 Å². The Hall–Kier alpha value is -4.15. The molecular weight excluding hydrogens is 843 g/mol. The number of rotatable bonds is 8. The van der Waals surface area contributed by atoms with Crippen molar-refractivity contribution in [2.75, 3.05) is 0 Å². The molecule has 0 aliphatic heterocycles. The lowest BCUT2D eigenvalue weighted by Gasteiger charge is -2.57. The first kappa shape index (κ1) is 46.2. The van der Waals surface area contributed by atoms with Crippen molar-refractivity contribution in [2.24, 2.45) is 35.5 Å². The van der Waals surface area contributed by atoms with E-state index in [9.17, 15) is 10.2 Å². The largest absolute Gasteiger partial charge is 0.507 e. The number of phenols is 2. The van der Waals surface area contributed by atoms with Crippen LogP contribution in [-0.4, -0.2) is 23.3 Å². The van der Waals surface area contributed by atoms with Crippen LogP contribution >= 0.6 is 0 Å². The van der Waals surface area contributed by atoms with E-state index in [0.29, 0.717) is 11.5 Å². The number of hydrogen-bond acceptors (Lipinski definition) is 3. The van der Waals surface area contributed by atoms with Crippen LogP contribution in [0.25, 0.3) is 44.8 Å². The molecule has 8 saturated carbocycles. The van der Waals surface area contributed by atoms with Gasteiger partial charge in [-0.05, 0) is 197 Å². The molecule has 8 aliphatic carbocycles. The van der Waals surface area contributed by atoms with E-state index in [4.69, 9.17) is 4.98 Å². The van der Waals surface area contributed by atoms with Gasteiger partial charge in [-0.3, -0.25) is 0 Å². The molecule has 13 rings (SSSR count). The lowest BCUT2D eigenvalue weighted by Crippen LogP contribution is -2.48. The molecule has 4 aromatic carbocycles. The smallest absolute Gasteiger partial charge is 0.127 e. The monoisotopic (exact) mass is 924 g/mol. The second-order valence-electron chi connectivity index (χ2n) is 27.9. The van der Waals surface area contributed by atoms with Crippen molar-refractivity contribution in [1.82, 2.24) is 4.98 Å². The van der Waals surface area contributed by atoms with Crippen molar-refractivity contribution in [3.63, 3.8) is 0 Å². The molecule has 1 heterocycles. The second-order valence-corrected chi connectivity index (χ2v) is 33.5. The minimum absolute atomic E-state index is 0.0490. The van der Waals surface area contributed by atoms with Gasteiger partial charge in [0.25, 0.3) is 0 Å². The molecule has 68 heavy (non-hydrogen) atoms. The predicted octanol–water partition coefficient (Wildman–Crippen LogP) is 17.3. The van der Waals surface area contributed by atoms with Gasteiger partial charge < -0.3 is 10.2 Å². The predicted molar refractivity (Wildman–Crippen MR) is 287 cm³/mol. The summed E-state index contributed by atoms with van der Waals surface area (Å²) in [5, 5.41) is 26.0. The maximum absolute atomic E-state index is 12.9. The molecule has 8 bridgehead atoms. The number of phenolic OH excluding ortho intramolecular Hbond substituents is 2. The van der Waals surface area contributed by atoms with E-state index < -0.39 is 8.07 Å². The van der Waals surface area contributed by atoms with Crippen LogP contribution in [0.3, 0.4) is 0 Å². The summed E-state index contributed by atoms with van der Waals surface area (Å²) >= 11 is 0. The van der Waals surface area contributed by atoms with Gasteiger partial charge in [0.15, 0.2) is 0 Å². The van der Waals surface area contributed by atoms with Crippen LogP contribution in [0, 0.1) is 35.5 Å². The molecule has 4 heteroatoms. The van der Waals surface area contributed by atoms with E-state index in [-0.39, 0.29) is 26.7 Å². The summed E-state index contributed by atoms with van der Waals surface area (Å²) < 4.78 is 0. The van der Waals surface area contributed by atoms with E-state index in [1.54, 1.807) is 0 Å². The molecule has 0 radical (unpaired) electrons. The summed E-state index contributed by atoms with van der Waals surface area (Å²) in [6.07, 6.45) is 15.5. The SMILES string of the molecule is CC(C)(C)c1cc(-c2ccccc2-c2cc(C[Si](C)(C)C(C)(C)C)cc(-c3ccccc3-c3cc(C(C)(C)C)cc(C45CC6CC(CC(C6)C4)C5)c3O)n2)c(O)c(C23CC4CC(CC(C4)C2)C3)c1. The third kappa shape index (κ3) is 7.94. The van der Waals surface area contributed by atoms with Gasteiger partial charge in [-0.1, -0.05) is 136 Å². The zero-order valence-electron chi connectivity index (χ0n) is 43.6. The molecule has 358 valence electrons. The highest BCUT2D eigenvalue weighted by molar-refractivity contribution is 6.79. The Bertz CT molecular complexity index is 2540.